The van der Waals surface area contributed by atoms with Crippen LogP contribution in [-0.2, 0) is 9.59 Å². The molecule has 3 heteroatoms. The van der Waals surface area contributed by atoms with Crippen molar-refractivity contribution in [3.05, 3.63) is 0 Å². The molecule has 100 valence electrons. The number of carbonyl (C=O) groups is 2. The van der Waals surface area contributed by atoms with Crippen molar-refractivity contribution in [2.75, 3.05) is 0 Å². The molecule has 3 aliphatic rings. The summed E-state index contributed by atoms with van der Waals surface area (Å²) in [5.41, 5.74) is -0.0425. The first kappa shape index (κ1) is 12.2. The lowest BCUT2D eigenvalue weighted by atomic mass is 9.59. The van der Waals surface area contributed by atoms with Crippen LogP contribution in [0.2, 0.25) is 0 Å². The fourth-order valence-corrected chi connectivity index (χ4v) is 5.71. The van der Waals surface area contributed by atoms with Crippen LogP contribution < -0.4 is 0 Å². The van der Waals surface area contributed by atoms with Gasteiger partial charge in [-0.1, -0.05) is 20.8 Å². The molecule has 1 N–H and O–H groups in total. The van der Waals surface area contributed by atoms with E-state index in [2.05, 4.69) is 13.8 Å². The van der Waals surface area contributed by atoms with Gasteiger partial charge in [-0.3, -0.25) is 9.59 Å². The molecule has 0 aliphatic heterocycles. The zero-order chi connectivity index (χ0) is 13.3. The molecular formula is C15H22O3. The third kappa shape index (κ3) is 1.20. The highest BCUT2D eigenvalue weighted by atomic mass is 16.4. The van der Waals surface area contributed by atoms with E-state index in [9.17, 15) is 14.7 Å². The van der Waals surface area contributed by atoms with Gasteiger partial charge in [0, 0.05) is 12.3 Å². The Balaban J connectivity index is 2.13. The minimum absolute atomic E-state index is 0.0619. The van der Waals surface area contributed by atoms with E-state index in [0.29, 0.717) is 24.0 Å². The summed E-state index contributed by atoms with van der Waals surface area (Å²) in [4.78, 5) is 23.7. The van der Waals surface area contributed by atoms with Gasteiger partial charge in [0.05, 0.1) is 5.92 Å². The maximum atomic E-state index is 12.1. The second-order valence-corrected chi connectivity index (χ2v) is 7.35. The number of carboxylic acid groups (broad SMARTS) is 1. The van der Waals surface area contributed by atoms with Crippen molar-refractivity contribution in [2.45, 2.75) is 46.5 Å². The molecule has 3 saturated carbocycles. The number of rotatable bonds is 1. The van der Waals surface area contributed by atoms with E-state index in [-0.39, 0.29) is 22.7 Å². The van der Waals surface area contributed by atoms with Gasteiger partial charge < -0.3 is 5.11 Å². The Morgan fingerprint density at radius 3 is 2.56 bits per heavy atom. The summed E-state index contributed by atoms with van der Waals surface area (Å²) in [6.45, 7) is 6.50. The SMILES string of the molecule is CC1C(=O)C[C@H]2[C@@H]3CC[C@H](C(=O)O)[C@]12CC3(C)C. The predicted molar refractivity (Wildman–Crippen MR) is 67.0 cm³/mol. The van der Waals surface area contributed by atoms with Crippen LogP contribution in [-0.4, -0.2) is 16.9 Å². The molecule has 0 radical (unpaired) electrons. The highest BCUT2D eigenvalue weighted by molar-refractivity contribution is 5.87. The van der Waals surface area contributed by atoms with Crippen LogP contribution in [0.3, 0.4) is 0 Å². The Morgan fingerprint density at radius 1 is 1.28 bits per heavy atom. The number of carboxylic acids is 1. The molecule has 0 aromatic heterocycles. The van der Waals surface area contributed by atoms with Gasteiger partial charge in [0.1, 0.15) is 5.78 Å². The average Bonchev–Trinajstić information content (AvgIpc) is 2.57. The van der Waals surface area contributed by atoms with Crippen LogP contribution in [0, 0.1) is 34.5 Å². The Hall–Kier alpha value is -0.860. The standard InChI is InChI=1S/C15H22O3/c1-8-12(16)6-11-9-4-5-10(13(17)18)15(8,11)7-14(9,2)3/h8-11H,4-7H2,1-3H3,(H,17,18)/t8?,9-,10+,11-,15-/m0/s1. The molecule has 0 aromatic carbocycles. The summed E-state index contributed by atoms with van der Waals surface area (Å²) in [5, 5.41) is 9.56. The molecule has 0 spiro atoms. The summed E-state index contributed by atoms with van der Waals surface area (Å²) in [6.07, 6.45) is 3.28. The van der Waals surface area contributed by atoms with E-state index in [1.54, 1.807) is 0 Å². The number of carbonyl (C=O) groups excluding carboxylic acids is 1. The minimum atomic E-state index is -0.683. The van der Waals surface area contributed by atoms with Crippen LogP contribution >= 0.6 is 0 Å². The van der Waals surface area contributed by atoms with Gasteiger partial charge in [-0.2, -0.15) is 0 Å². The van der Waals surface area contributed by atoms with Crippen molar-refractivity contribution in [1.29, 1.82) is 0 Å². The van der Waals surface area contributed by atoms with Gasteiger partial charge in [-0.25, -0.2) is 0 Å². The lowest BCUT2D eigenvalue weighted by Crippen LogP contribution is -2.44. The van der Waals surface area contributed by atoms with Crippen LogP contribution in [0.4, 0.5) is 0 Å². The average molecular weight is 250 g/mol. The van der Waals surface area contributed by atoms with Crippen molar-refractivity contribution in [1.82, 2.24) is 0 Å². The molecule has 0 heterocycles. The molecule has 2 bridgehead atoms. The molecule has 3 fully saturated rings. The molecule has 18 heavy (non-hydrogen) atoms. The van der Waals surface area contributed by atoms with Crippen LogP contribution in [0.15, 0.2) is 0 Å². The molecular weight excluding hydrogens is 228 g/mol. The van der Waals surface area contributed by atoms with Gasteiger partial charge in [-0.15, -0.1) is 0 Å². The van der Waals surface area contributed by atoms with Gasteiger partial charge >= 0.3 is 5.97 Å². The predicted octanol–water partition coefficient (Wildman–Crippen LogP) is 2.74. The third-order valence-corrected chi connectivity index (χ3v) is 6.37. The third-order valence-electron chi connectivity index (χ3n) is 6.37. The summed E-state index contributed by atoms with van der Waals surface area (Å²) in [6, 6.07) is 0. The first-order valence-electron chi connectivity index (χ1n) is 7.06. The summed E-state index contributed by atoms with van der Waals surface area (Å²) >= 11 is 0. The molecule has 3 aliphatic carbocycles. The quantitative estimate of drug-likeness (QED) is 0.778. The number of ketones is 1. The molecule has 1 unspecified atom stereocenters. The first-order chi connectivity index (χ1) is 8.30. The van der Waals surface area contributed by atoms with E-state index in [1.165, 1.54) is 0 Å². The van der Waals surface area contributed by atoms with Crippen molar-refractivity contribution in [2.24, 2.45) is 34.5 Å². The fourth-order valence-electron chi connectivity index (χ4n) is 5.71. The van der Waals surface area contributed by atoms with E-state index < -0.39 is 5.97 Å². The highest BCUT2D eigenvalue weighted by Gasteiger charge is 2.69. The molecule has 0 amide bonds. The second-order valence-electron chi connectivity index (χ2n) is 7.35. The Kier molecular flexibility index (Phi) is 2.28. The number of Topliss-reactive ketones (excluding diaryl/α,β-unsaturated/α-hetero) is 1. The molecule has 0 saturated heterocycles. The van der Waals surface area contributed by atoms with Crippen molar-refractivity contribution < 1.29 is 14.7 Å². The van der Waals surface area contributed by atoms with E-state index >= 15 is 0 Å². The first-order valence-corrected chi connectivity index (χ1v) is 7.06. The molecule has 5 atom stereocenters. The maximum absolute atomic E-state index is 12.1. The van der Waals surface area contributed by atoms with Gasteiger partial charge in [0.15, 0.2) is 0 Å². The largest absolute Gasteiger partial charge is 0.481 e. The Labute approximate surface area is 108 Å². The lowest BCUT2D eigenvalue weighted by Gasteiger charge is -2.43. The van der Waals surface area contributed by atoms with E-state index in [1.807, 2.05) is 6.92 Å². The topological polar surface area (TPSA) is 54.4 Å². The van der Waals surface area contributed by atoms with Crippen molar-refractivity contribution in [3.8, 4) is 0 Å². The Morgan fingerprint density at radius 2 is 1.94 bits per heavy atom. The smallest absolute Gasteiger partial charge is 0.307 e. The number of aliphatic carboxylic acids is 1. The fraction of sp³-hybridized carbons (Fsp3) is 0.867. The van der Waals surface area contributed by atoms with Gasteiger partial charge in [-0.05, 0) is 41.9 Å². The normalized spacial score (nSPS) is 49.2. The zero-order valence-electron chi connectivity index (χ0n) is 11.4. The number of hydrogen-bond donors (Lipinski definition) is 1. The maximum Gasteiger partial charge on any atom is 0.307 e. The zero-order valence-corrected chi connectivity index (χ0v) is 11.4. The minimum Gasteiger partial charge on any atom is -0.481 e. The van der Waals surface area contributed by atoms with E-state index in [4.69, 9.17) is 0 Å². The van der Waals surface area contributed by atoms with Crippen molar-refractivity contribution >= 4 is 11.8 Å². The van der Waals surface area contributed by atoms with Crippen LogP contribution in [0.25, 0.3) is 0 Å². The molecule has 3 nitrogen and oxygen atoms in total. The van der Waals surface area contributed by atoms with E-state index in [0.717, 1.165) is 19.3 Å². The number of hydrogen-bond acceptors (Lipinski definition) is 2. The second kappa shape index (κ2) is 3.37. The highest BCUT2D eigenvalue weighted by Crippen LogP contribution is 2.72. The van der Waals surface area contributed by atoms with Crippen LogP contribution in [0.5, 0.6) is 0 Å². The lowest BCUT2D eigenvalue weighted by molar-refractivity contribution is -0.152. The monoisotopic (exact) mass is 250 g/mol. The van der Waals surface area contributed by atoms with Gasteiger partial charge in [0.2, 0.25) is 0 Å². The summed E-state index contributed by atoms with van der Waals surface area (Å²) in [5.74, 6) is 0.119. The molecule has 3 rings (SSSR count). The molecule has 0 aromatic rings. The van der Waals surface area contributed by atoms with Gasteiger partial charge in [0.25, 0.3) is 0 Å². The summed E-state index contributed by atoms with van der Waals surface area (Å²) in [7, 11) is 0. The summed E-state index contributed by atoms with van der Waals surface area (Å²) < 4.78 is 0. The van der Waals surface area contributed by atoms with Crippen LogP contribution in [0.1, 0.15) is 46.5 Å². The Bertz CT molecular complexity index is 425. The van der Waals surface area contributed by atoms with Crippen molar-refractivity contribution in [3.63, 3.8) is 0 Å².